The Morgan fingerprint density at radius 2 is 1.77 bits per heavy atom. The molecule has 0 saturated carbocycles. The predicted molar refractivity (Wildman–Crippen MR) is 103 cm³/mol. The number of nitrogens with one attached hydrogen (secondary N) is 2. The highest BCUT2D eigenvalue weighted by Gasteiger charge is 2.18. The molecule has 0 radical (unpaired) electrons. The van der Waals surface area contributed by atoms with Crippen molar-refractivity contribution in [1.82, 2.24) is 5.32 Å². The summed E-state index contributed by atoms with van der Waals surface area (Å²) in [6, 6.07) is 5.76. The van der Waals surface area contributed by atoms with E-state index in [1.807, 2.05) is 5.32 Å². The number of nitro groups is 2. The van der Waals surface area contributed by atoms with Crippen LogP contribution in [-0.2, 0) is 14.3 Å². The summed E-state index contributed by atoms with van der Waals surface area (Å²) >= 11 is 5.64. The van der Waals surface area contributed by atoms with E-state index in [1.165, 1.54) is 6.07 Å². The molecule has 2 aromatic carbocycles. The van der Waals surface area contributed by atoms with Crippen LogP contribution < -0.4 is 10.6 Å². The second-order valence-corrected chi connectivity index (χ2v) is 6.14. The Hall–Kier alpha value is -4.13. The molecule has 0 bridgehead atoms. The van der Waals surface area contributed by atoms with Crippen molar-refractivity contribution in [3.63, 3.8) is 0 Å². The fraction of sp³-hybridized carbons (Fsp3) is 0.118. The third-order valence-corrected chi connectivity index (χ3v) is 3.92. The van der Waals surface area contributed by atoms with Gasteiger partial charge in [0.2, 0.25) is 0 Å². The van der Waals surface area contributed by atoms with E-state index >= 15 is 0 Å². The van der Waals surface area contributed by atoms with Crippen molar-refractivity contribution in [2.75, 3.05) is 18.5 Å². The van der Waals surface area contributed by atoms with Crippen LogP contribution in [0.25, 0.3) is 0 Å². The molecule has 0 atom stereocenters. The van der Waals surface area contributed by atoms with Crippen LogP contribution in [0.1, 0.15) is 10.4 Å². The fourth-order valence-corrected chi connectivity index (χ4v) is 2.34. The quantitative estimate of drug-likeness (QED) is 0.347. The average Bonchev–Trinajstić information content (AvgIpc) is 2.72. The maximum absolute atomic E-state index is 13.6. The third kappa shape index (κ3) is 6.43. The number of carbonyl (C=O) groups excluding carboxylic acids is 3. The summed E-state index contributed by atoms with van der Waals surface area (Å²) in [7, 11) is 0. The van der Waals surface area contributed by atoms with Crippen molar-refractivity contribution in [2.45, 2.75) is 0 Å². The molecule has 0 spiro atoms. The van der Waals surface area contributed by atoms with E-state index in [0.717, 1.165) is 30.3 Å². The fourth-order valence-electron chi connectivity index (χ4n) is 2.15. The number of hydrogen-bond acceptors (Lipinski definition) is 8. The lowest BCUT2D eigenvalue weighted by molar-refractivity contribution is -0.384. The van der Waals surface area contributed by atoms with Crippen LogP contribution in [0.3, 0.4) is 0 Å². The highest BCUT2D eigenvalue weighted by atomic mass is 35.5. The van der Waals surface area contributed by atoms with Crippen molar-refractivity contribution in [1.29, 1.82) is 0 Å². The number of carbonyl (C=O) groups is 3. The lowest BCUT2D eigenvalue weighted by atomic mass is 10.2. The first-order chi connectivity index (χ1) is 14.6. The molecule has 0 fully saturated rings. The number of ether oxygens (including phenoxy) is 1. The van der Waals surface area contributed by atoms with Gasteiger partial charge < -0.3 is 15.4 Å². The van der Waals surface area contributed by atoms with Gasteiger partial charge in [0.1, 0.15) is 17.4 Å². The molecule has 31 heavy (non-hydrogen) atoms. The Kier molecular flexibility index (Phi) is 7.52. The lowest BCUT2D eigenvalue weighted by Gasteiger charge is -2.08. The Morgan fingerprint density at radius 3 is 2.42 bits per heavy atom. The molecule has 0 heterocycles. The molecule has 0 aromatic heterocycles. The monoisotopic (exact) mass is 454 g/mol. The molecular formula is C17H12ClFN4O8. The smallest absolute Gasteiger partial charge is 0.325 e. The maximum Gasteiger partial charge on any atom is 0.325 e. The van der Waals surface area contributed by atoms with Crippen molar-refractivity contribution in [3.8, 4) is 0 Å². The molecule has 0 saturated heterocycles. The summed E-state index contributed by atoms with van der Waals surface area (Å²) in [5.41, 5.74) is -1.57. The number of anilines is 1. The van der Waals surface area contributed by atoms with E-state index < -0.39 is 63.7 Å². The molecule has 2 rings (SSSR count). The number of halogens is 2. The molecule has 2 aromatic rings. The summed E-state index contributed by atoms with van der Waals surface area (Å²) in [5.74, 6) is -3.78. The van der Waals surface area contributed by atoms with E-state index in [9.17, 15) is 39.0 Å². The largest absolute Gasteiger partial charge is 0.454 e. The molecule has 0 aliphatic heterocycles. The first-order valence-electron chi connectivity index (χ1n) is 8.20. The predicted octanol–water partition coefficient (Wildman–Crippen LogP) is 2.21. The number of non-ortho nitro benzene ring substituents is 1. The van der Waals surface area contributed by atoms with Gasteiger partial charge in [-0.25, -0.2) is 4.39 Å². The second kappa shape index (κ2) is 10.1. The molecule has 0 aliphatic carbocycles. The zero-order chi connectivity index (χ0) is 23.1. The third-order valence-electron chi connectivity index (χ3n) is 3.60. The highest BCUT2D eigenvalue weighted by molar-refractivity contribution is 6.32. The van der Waals surface area contributed by atoms with Gasteiger partial charge in [0.25, 0.3) is 23.2 Å². The lowest BCUT2D eigenvalue weighted by Crippen LogP contribution is -2.32. The summed E-state index contributed by atoms with van der Waals surface area (Å²) in [5, 5.41) is 25.5. The topological polar surface area (TPSA) is 171 Å². The number of amides is 2. The first kappa shape index (κ1) is 23.2. The van der Waals surface area contributed by atoms with E-state index in [4.69, 9.17) is 11.6 Å². The van der Waals surface area contributed by atoms with Crippen LogP contribution in [0.4, 0.5) is 21.5 Å². The van der Waals surface area contributed by atoms with E-state index in [1.54, 1.807) is 0 Å². The van der Waals surface area contributed by atoms with Gasteiger partial charge >= 0.3 is 5.97 Å². The van der Waals surface area contributed by atoms with Crippen LogP contribution in [0.2, 0.25) is 5.02 Å². The number of hydrogen-bond donors (Lipinski definition) is 2. The number of nitrogens with zero attached hydrogens (tertiary/aromatic N) is 2. The maximum atomic E-state index is 13.6. The zero-order valence-corrected chi connectivity index (χ0v) is 16.1. The number of esters is 1. The molecule has 162 valence electrons. The summed E-state index contributed by atoms with van der Waals surface area (Å²) in [6.07, 6.45) is 0. The van der Waals surface area contributed by atoms with Gasteiger partial charge in [-0.15, -0.1) is 0 Å². The van der Waals surface area contributed by atoms with Gasteiger partial charge in [-0.3, -0.25) is 34.6 Å². The first-order valence-corrected chi connectivity index (χ1v) is 8.58. The molecule has 2 amide bonds. The molecule has 12 nitrogen and oxygen atoms in total. The van der Waals surface area contributed by atoms with Crippen molar-refractivity contribution < 1.29 is 33.4 Å². The summed E-state index contributed by atoms with van der Waals surface area (Å²) in [6.45, 7) is -1.53. The molecule has 0 aliphatic rings. The highest BCUT2D eigenvalue weighted by Crippen LogP contribution is 2.25. The molecular weight excluding hydrogens is 443 g/mol. The number of rotatable bonds is 8. The van der Waals surface area contributed by atoms with Crippen LogP contribution in [0.5, 0.6) is 0 Å². The molecule has 2 N–H and O–H groups in total. The average molecular weight is 455 g/mol. The Bertz CT molecular complexity index is 1080. The minimum Gasteiger partial charge on any atom is -0.454 e. The zero-order valence-electron chi connectivity index (χ0n) is 15.3. The number of nitro benzene ring substituents is 2. The Labute approximate surface area is 177 Å². The van der Waals surface area contributed by atoms with Crippen LogP contribution in [-0.4, -0.2) is 40.8 Å². The number of benzene rings is 2. The van der Waals surface area contributed by atoms with Gasteiger partial charge in [0.05, 0.1) is 15.5 Å². The van der Waals surface area contributed by atoms with Crippen molar-refractivity contribution >= 4 is 46.4 Å². The van der Waals surface area contributed by atoms with E-state index in [-0.39, 0.29) is 10.6 Å². The normalized spacial score (nSPS) is 10.1. The summed E-state index contributed by atoms with van der Waals surface area (Å²) < 4.78 is 18.2. The van der Waals surface area contributed by atoms with Gasteiger partial charge in [-0.2, -0.15) is 0 Å². The summed E-state index contributed by atoms with van der Waals surface area (Å²) in [4.78, 5) is 55.4. The SMILES string of the molecule is O=C(COC(=O)CNC(=O)c1ccc(Cl)c([N+](=O)[O-])c1)Nc1cc([N+](=O)[O-])ccc1F. The van der Waals surface area contributed by atoms with Crippen LogP contribution in [0, 0.1) is 26.0 Å². The van der Waals surface area contributed by atoms with Crippen molar-refractivity contribution in [2.24, 2.45) is 0 Å². The molecule has 14 heteroatoms. The van der Waals surface area contributed by atoms with E-state index in [0.29, 0.717) is 0 Å². The van der Waals surface area contributed by atoms with Crippen LogP contribution in [0.15, 0.2) is 36.4 Å². The van der Waals surface area contributed by atoms with Gasteiger partial charge in [-0.1, -0.05) is 11.6 Å². The van der Waals surface area contributed by atoms with Gasteiger partial charge in [0.15, 0.2) is 6.61 Å². The van der Waals surface area contributed by atoms with E-state index in [2.05, 4.69) is 10.1 Å². The van der Waals surface area contributed by atoms with Crippen molar-refractivity contribution in [3.05, 3.63) is 73.0 Å². The van der Waals surface area contributed by atoms with Gasteiger partial charge in [-0.05, 0) is 18.2 Å². The second-order valence-electron chi connectivity index (χ2n) is 5.74. The Morgan fingerprint density at radius 1 is 1.06 bits per heavy atom. The Balaban J connectivity index is 1.86. The van der Waals surface area contributed by atoms with Gasteiger partial charge in [0, 0.05) is 23.8 Å². The molecule has 0 unspecified atom stereocenters. The minimum absolute atomic E-state index is 0.136. The standard InChI is InChI=1S/C17H12ClFN4O8/c18-11-3-1-9(5-14(11)23(29)30)17(26)20-7-16(25)31-8-15(24)21-13-6-10(22(27)28)2-4-12(13)19/h1-6H,7-8H2,(H,20,26)(H,21,24). The van der Waals surface area contributed by atoms with Crippen LogP contribution >= 0.6 is 11.6 Å². The minimum atomic E-state index is -1.04.